The van der Waals surface area contributed by atoms with Crippen molar-refractivity contribution in [1.82, 2.24) is 4.31 Å². The molecule has 0 radical (unpaired) electrons. The maximum absolute atomic E-state index is 12.4. The van der Waals surface area contributed by atoms with E-state index in [9.17, 15) is 13.2 Å². The molecule has 1 aliphatic heterocycles. The van der Waals surface area contributed by atoms with Crippen molar-refractivity contribution in [1.29, 1.82) is 0 Å². The van der Waals surface area contributed by atoms with Crippen molar-refractivity contribution in [3.8, 4) is 0 Å². The summed E-state index contributed by atoms with van der Waals surface area (Å²) in [6.07, 6.45) is 0.0797. The first kappa shape index (κ1) is 15.7. The number of hydrogen-bond acceptors (Lipinski definition) is 4. The van der Waals surface area contributed by atoms with Crippen molar-refractivity contribution in [2.45, 2.75) is 16.9 Å². The Morgan fingerprint density at radius 3 is 2.65 bits per heavy atom. The van der Waals surface area contributed by atoms with Gasteiger partial charge in [-0.3, -0.25) is 4.79 Å². The lowest BCUT2D eigenvalue weighted by molar-refractivity contribution is -0.142. The fraction of sp³-hybridized carbons (Fsp3) is 0.364. The zero-order chi connectivity index (χ0) is 15.1. The molecule has 1 aliphatic rings. The van der Waals surface area contributed by atoms with Gasteiger partial charge in [-0.25, -0.2) is 8.42 Å². The van der Waals surface area contributed by atoms with Gasteiger partial charge in [0.25, 0.3) is 0 Å². The van der Waals surface area contributed by atoms with Crippen LogP contribution in [0, 0.1) is 0 Å². The van der Waals surface area contributed by atoms with E-state index in [1.807, 2.05) is 0 Å². The van der Waals surface area contributed by atoms with E-state index >= 15 is 0 Å². The predicted octanol–water partition coefficient (Wildman–Crippen LogP) is 1.28. The Hall–Kier alpha value is -0.670. The number of carbonyl (C=O) groups is 1. The molecule has 1 saturated heterocycles. The van der Waals surface area contributed by atoms with Crippen molar-refractivity contribution in [2.75, 3.05) is 13.1 Å². The molecule has 0 bridgehead atoms. The minimum atomic E-state index is -3.78. The molecule has 20 heavy (non-hydrogen) atoms. The van der Waals surface area contributed by atoms with Crippen molar-refractivity contribution >= 4 is 43.5 Å². The number of carboxylic acids is 1. The molecule has 0 aliphatic carbocycles. The molecule has 1 atom stereocenters. The zero-order valence-electron chi connectivity index (χ0n) is 10.2. The number of sulfonamides is 1. The first-order valence-electron chi connectivity index (χ1n) is 5.64. The van der Waals surface area contributed by atoms with E-state index in [4.69, 9.17) is 22.4 Å². The molecule has 6 nitrogen and oxygen atoms in total. The number of rotatable bonds is 3. The number of hydrogen-bond donors (Lipinski definition) is 2. The Morgan fingerprint density at radius 1 is 1.50 bits per heavy atom. The minimum absolute atomic E-state index is 0.0448. The van der Waals surface area contributed by atoms with E-state index in [0.29, 0.717) is 9.50 Å². The van der Waals surface area contributed by atoms with Gasteiger partial charge in [0.15, 0.2) is 0 Å². The Bertz CT molecular complexity index is 666. The largest absolute Gasteiger partial charge is 0.480 e. The van der Waals surface area contributed by atoms with E-state index in [2.05, 4.69) is 15.9 Å². The lowest BCUT2D eigenvalue weighted by Crippen LogP contribution is -2.50. The molecular formula is C11H12BrClN2O4S. The summed E-state index contributed by atoms with van der Waals surface area (Å²) >= 11 is 8.98. The van der Waals surface area contributed by atoms with Crippen LogP contribution in [0.5, 0.6) is 0 Å². The van der Waals surface area contributed by atoms with Crippen molar-refractivity contribution < 1.29 is 18.3 Å². The Balaban J connectivity index is 2.33. The summed E-state index contributed by atoms with van der Waals surface area (Å²) in [5.74, 6) is -1.20. The SMILES string of the molecule is NC1(C(=O)O)CCN(S(=O)(=O)c2ccc(Cl)c(Br)c2)C1. The highest BCUT2D eigenvalue weighted by molar-refractivity contribution is 9.10. The van der Waals surface area contributed by atoms with Crippen LogP contribution >= 0.6 is 27.5 Å². The van der Waals surface area contributed by atoms with Gasteiger partial charge >= 0.3 is 5.97 Å². The predicted molar refractivity (Wildman–Crippen MR) is 77.1 cm³/mol. The van der Waals surface area contributed by atoms with Gasteiger partial charge in [-0.15, -0.1) is 0 Å². The third kappa shape index (κ3) is 2.71. The number of nitrogens with two attached hydrogens (primary N) is 1. The van der Waals surface area contributed by atoms with Gasteiger partial charge < -0.3 is 10.8 Å². The van der Waals surface area contributed by atoms with E-state index in [1.165, 1.54) is 18.2 Å². The standard InChI is InChI=1S/C11H12BrClN2O4S/c12-8-5-7(1-2-9(8)13)20(18,19)15-4-3-11(14,6-15)10(16)17/h1-2,5H,3-4,6,14H2,(H,16,17). The fourth-order valence-electron chi connectivity index (χ4n) is 1.96. The van der Waals surface area contributed by atoms with Gasteiger partial charge in [-0.1, -0.05) is 11.6 Å². The third-order valence-corrected chi connectivity index (χ3v) is 6.28. The maximum Gasteiger partial charge on any atom is 0.325 e. The second-order valence-electron chi connectivity index (χ2n) is 4.63. The van der Waals surface area contributed by atoms with Crippen LogP contribution in [-0.4, -0.2) is 42.4 Å². The summed E-state index contributed by atoms with van der Waals surface area (Å²) in [5, 5.41) is 9.43. The van der Waals surface area contributed by atoms with Crippen LogP contribution < -0.4 is 5.73 Å². The summed E-state index contributed by atoms with van der Waals surface area (Å²) < 4.78 is 26.4. The molecule has 1 fully saturated rings. The van der Waals surface area contributed by atoms with Crippen LogP contribution in [0.1, 0.15) is 6.42 Å². The molecule has 0 saturated carbocycles. The van der Waals surface area contributed by atoms with Crippen LogP contribution in [-0.2, 0) is 14.8 Å². The number of benzene rings is 1. The van der Waals surface area contributed by atoms with Gasteiger partial charge in [0.05, 0.1) is 9.92 Å². The molecule has 3 N–H and O–H groups in total. The van der Waals surface area contributed by atoms with Gasteiger partial charge in [-0.05, 0) is 40.5 Å². The quantitative estimate of drug-likeness (QED) is 0.819. The molecule has 1 heterocycles. The number of aliphatic carboxylic acids is 1. The first-order valence-corrected chi connectivity index (χ1v) is 8.25. The van der Waals surface area contributed by atoms with Crippen LogP contribution in [0.3, 0.4) is 0 Å². The van der Waals surface area contributed by atoms with Crippen molar-refractivity contribution in [2.24, 2.45) is 5.73 Å². The third-order valence-electron chi connectivity index (χ3n) is 3.22. The summed E-state index contributed by atoms with van der Waals surface area (Å²) in [5.41, 5.74) is 4.15. The second kappa shape index (κ2) is 5.27. The molecule has 9 heteroatoms. The van der Waals surface area contributed by atoms with E-state index < -0.39 is 21.5 Å². The molecule has 0 spiro atoms. The molecule has 0 amide bonds. The van der Waals surface area contributed by atoms with E-state index in [-0.39, 0.29) is 24.4 Å². The maximum atomic E-state index is 12.4. The smallest absolute Gasteiger partial charge is 0.325 e. The Labute approximate surface area is 129 Å². The monoisotopic (exact) mass is 382 g/mol. The van der Waals surface area contributed by atoms with Gasteiger partial charge in [0, 0.05) is 17.6 Å². The zero-order valence-corrected chi connectivity index (χ0v) is 13.4. The molecule has 1 aromatic rings. The molecule has 110 valence electrons. The summed E-state index contributed by atoms with van der Waals surface area (Å²) in [7, 11) is -3.78. The highest BCUT2D eigenvalue weighted by atomic mass is 79.9. The van der Waals surface area contributed by atoms with Crippen molar-refractivity contribution in [3.05, 3.63) is 27.7 Å². The molecule has 1 unspecified atom stereocenters. The molecular weight excluding hydrogens is 372 g/mol. The van der Waals surface area contributed by atoms with E-state index in [0.717, 1.165) is 4.31 Å². The van der Waals surface area contributed by atoms with Crippen LogP contribution in [0.4, 0.5) is 0 Å². The molecule has 0 aromatic heterocycles. The molecule has 1 aromatic carbocycles. The minimum Gasteiger partial charge on any atom is -0.480 e. The summed E-state index contributed by atoms with van der Waals surface area (Å²) in [6, 6.07) is 4.22. The fourth-order valence-corrected chi connectivity index (χ4v) is 4.15. The summed E-state index contributed by atoms with van der Waals surface area (Å²) in [6.45, 7) is -0.170. The average Bonchev–Trinajstić information content (AvgIpc) is 2.77. The number of halogens is 2. The topological polar surface area (TPSA) is 101 Å². The Kier molecular flexibility index (Phi) is 4.14. The van der Waals surface area contributed by atoms with Gasteiger partial charge in [0.2, 0.25) is 10.0 Å². The van der Waals surface area contributed by atoms with Crippen molar-refractivity contribution in [3.63, 3.8) is 0 Å². The lowest BCUT2D eigenvalue weighted by atomic mass is 10.0. The highest BCUT2D eigenvalue weighted by Gasteiger charge is 2.45. The average molecular weight is 384 g/mol. The van der Waals surface area contributed by atoms with Crippen LogP contribution in [0.25, 0.3) is 0 Å². The number of nitrogens with zero attached hydrogens (tertiary/aromatic N) is 1. The van der Waals surface area contributed by atoms with Gasteiger partial charge in [-0.2, -0.15) is 4.31 Å². The van der Waals surface area contributed by atoms with Crippen LogP contribution in [0.15, 0.2) is 27.6 Å². The first-order chi connectivity index (χ1) is 9.17. The van der Waals surface area contributed by atoms with E-state index in [1.54, 1.807) is 0 Å². The van der Waals surface area contributed by atoms with Crippen LogP contribution in [0.2, 0.25) is 5.02 Å². The normalized spacial score (nSPS) is 23.9. The highest BCUT2D eigenvalue weighted by Crippen LogP contribution is 2.30. The Morgan fingerprint density at radius 2 is 2.15 bits per heavy atom. The second-order valence-corrected chi connectivity index (χ2v) is 7.83. The lowest BCUT2D eigenvalue weighted by Gasteiger charge is -2.20. The van der Waals surface area contributed by atoms with Gasteiger partial charge in [0.1, 0.15) is 5.54 Å². The summed E-state index contributed by atoms with van der Waals surface area (Å²) in [4.78, 5) is 11.1. The molecule has 2 rings (SSSR count). The number of carboxylic acid groups (broad SMARTS) is 1.